The largest absolute Gasteiger partial charge is 0.490 e. The minimum Gasteiger partial charge on any atom is -0.490 e. The fourth-order valence-electron chi connectivity index (χ4n) is 5.15. The van der Waals surface area contributed by atoms with Crippen LogP contribution in [0.5, 0.6) is 5.75 Å². The minimum atomic E-state index is -4.55. The Morgan fingerprint density at radius 1 is 0.902 bits per heavy atom. The number of ether oxygens (including phenoxy) is 1. The summed E-state index contributed by atoms with van der Waals surface area (Å²) in [6.07, 6.45) is -6.09. The van der Waals surface area contributed by atoms with Crippen molar-refractivity contribution >= 4 is 28.6 Å². The molecule has 41 heavy (non-hydrogen) atoms. The number of hydrogen-bond donors (Lipinski definition) is 1. The Labute approximate surface area is 241 Å². The van der Waals surface area contributed by atoms with Crippen LogP contribution in [0, 0.1) is 0 Å². The number of anilines is 2. The molecule has 0 unspecified atom stereocenters. The van der Waals surface area contributed by atoms with Crippen LogP contribution in [0.4, 0.5) is 37.7 Å². The van der Waals surface area contributed by atoms with Crippen molar-refractivity contribution in [2.45, 2.75) is 44.1 Å². The van der Waals surface area contributed by atoms with Gasteiger partial charge in [-0.05, 0) is 61.9 Å². The maximum atomic E-state index is 13.4. The van der Waals surface area contributed by atoms with E-state index in [0.29, 0.717) is 25.9 Å². The molecule has 6 nitrogen and oxygen atoms in total. The Kier molecular flexibility index (Phi) is 10.2. The van der Waals surface area contributed by atoms with Crippen molar-refractivity contribution in [2.24, 2.45) is 0 Å². The monoisotopic (exact) mass is 604 g/mol. The maximum absolute atomic E-state index is 13.4. The number of hydrogen-bond acceptors (Lipinski definition) is 6. The van der Waals surface area contributed by atoms with Gasteiger partial charge < -0.3 is 14.5 Å². The first-order valence-corrected chi connectivity index (χ1v) is 13.9. The summed E-state index contributed by atoms with van der Waals surface area (Å²) < 4.78 is 84.5. The summed E-state index contributed by atoms with van der Waals surface area (Å²) >= 11 is 5.66. The third-order valence-electron chi connectivity index (χ3n) is 7.40. The van der Waals surface area contributed by atoms with E-state index < -0.39 is 23.5 Å². The quantitative estimate of drug-likeness (QED) is 0.200. The van der Waals surface area contributed by atoms with Crippen molar-refractivity contribution in [3.05, 3.63) is 53.6 Å². The Morgan fingerprint density at radius 2 is 1.56 bits per heavy atom. The Balaban J connectivity index is 1.15. The van der Waals surface area contributed by atoms with Crippen LogP contribution in [0.25, 0.3) is 0 Å². The van der Waals surface area contributed by atoms with Crippen LogP contribution in [0.1, 0.15) is 36.8 Å². The Bertz CT molecular complexity index is 1150. The lowest BCUT2D eigenvalue weighted by molar-refractivity contribution is -0.138. The molecule has 2 aromatic carbocycles. The van der Waals surface area contributed by atoms with Crippen LogP contribution in [-0.2, 0) is 17.2 Å². The summed E-state index contributed by atoms with van der Waals surface area (Å²) in [5, 5.41) is 0. The van der Waals surface area contributed by atoms with Gasteiger partial charge in [0, 0.05) is 57.8 Å². The van der Waals surface area contributed by atoms with Gasteiger partial charge in [-0.1, -0.05) is 12.2 Å². The van der Waals surface area contributed by atoms with Crippen molar-refractivity contribution in [3.63, 3.8) is 0 Å². The highest BCUT2D eigenvalue weighted by Gasteiger charge is 2.35. The number of piperazine rings is 1. The van der Waals surface area contributed by atoms with E-state index in [9.17, 15) is 26.3 Å². The second-order valence-corrected chi connectivity index (χ2v) is 10.7. The molecule has 0 bridgehead atoms. The lowest BCUT2D eigenvalue weighted by Crippen LogP contribution is -2.47. The first-order valence-electron chi connectivity index (χ1n) is 13.5. The Hall–Kier alpha value is -2.77. The number of rotatable bonds is 9. The van der Waals surface area contributed by atoms with Gasteiger partial charge in [0.1, 0.15) is 11.9 Å². The van der Waals surface area contributed by atoms with Crippen molar-refractivity contribution in [1.29, 1.82) is 0 Å². The van der Waals surface area contributed by atoms with Gasteiger partial charge in [0.2, 0.25) is 0 Å². The predicted molar refractivity (Wildman–Crippen MR) is 149 cm³/mol. The van der Waals surface area contributed by atoms with Crippen molar-refractivity contribution in [2.75, 3.05) is 63.3 Å². The van der Waals surface area contributed by atoms with Crippen LogP contribution < -0.4 is 15.1 Å². The van der Waals surface area contributed by atoms with E-state index in [-0.39, 0.29) is 17.5 Å². The highest BCUT2D eigenvalue weighted by Crippen LogP contribution is 2.38. The molecule has 2 aliphatic rings. The molecular weight excluding hydrogens is 570 g/mol. The standard InChI is InChI=1S/C28H34F6N4O2S/c1-39-35-25-9-8-23(19-24(25)28(32,33)34)40-22-10-13-38(14-11-22)26(41)3-2-12-36-15-17-37(18-16-36)21-6-4-20(5-7-21)27(29,30)31/h4-9,19,22,35H,2-3,10-18H2,1H3. The normalized spacial score (nSPS) is 17.5. The molecule has 2 fully saturated rings. The molecule has 2 saturated heterocycles. The fourth-order valence-corrected chi connectivity index (χ4v) is 5.48. The minimum absolute atomic E-state index is 0.165. The highest BCUT2D eigenvalue weighted by atomic mass is 32.1. The topological polar surface area (TPSA) is 40.2 Å². The zero-order valence-electron chi connectivity index (χ0n) is 22.7. The third kappa shape index (κ3) is 8.62. The van der Waals surface area contributed by atoms with Crippen LogP contribution in [-0.4, -0.2) is 73.8 Å². The molecule has 13 heteroatoms. The lowest BCUT2D eigenvalue weighted by Gasteiger charge is -2.37. The fraction of sp³-hybridized carbons (Fsp3) is 0.536. The molecule has 226 valence electrons. The summed E-state index contributed by atoms with van der Waals surface area (Å²) in [6, 6.07) is 9.08. The average molecular weight is 605 g/mol. The van der Waals surface area contributed by atoms with Crippen LogP contribution in [0.15, 0.2) is 42.5 Å². The van der Waals surface area contributed by atoms with Crippen LogP contribution in [0.2, 0.25) is 0 Å². The smallest absolute Gasteiger partial charge is 0.418 e. The van der Waals surface area contributed by atoms with Crippen molar-refractivity contribution in [3.8, 4) is 5.75 Å². The molecule has 0 aromatic heterocycles. The lowest BCUT2D eigenvalue weighted by atomic mass is 10.1. The van der Waals surface area contributed by atoms with E-state index in [1.165, 1.54) is 31.4 Å². The van der Waals surface area contributed by atoms with Crippen molar-refractivity contribution in [1.82, 2.24) is 9.80 Å². The van der Waals surface area contributed by atoms with Gasteiger partial charge in [-0.3, -0.25) is 15.2 Å². The second kappa shape index (κ2) is 13.5. The summed E-state index contributed by atoms with van der Waals surface area (Å²) in [7, 11) is 1.25. The Morgan fingerprint density at radius 3 is 2.15 bits per heavy atom. The summed E-state index contributed by atoms with van der Waals surface area (Å²) in [5.74, 6) is 0.165. The number of likely N-dealkylation sites (tertiary alicyclic amines) is 1. The number of halogens is 6. The first kappa shape index (κ1) is 31.2. The van der Waals surface area contributed by atoms with Crippen molar-refractivity contribution < 1.29 is 35.9 Å². The van der Waals surface area contributed by atoms with E-state index >= 15 is 0 Å². The molecular formula is C28H34F6N4O2S. The molecule has 0 atom stereocenters. The van der Waals surface area contributed by atoms with Gasteiger partial charge in [0.25, 0.3) is 0 Å². The SMILES string of the molecule is CONc1ccc(OC2CCN(C(=S)CCCN3CCN(c4ccc(C(F)(F)F)cc4)CC3)CC2)cc1C(F)(F)F. The molecule has 0 aliphatic carbocycles. The molecule has 0 amide bonds. The number of nitrogens with zero attached hydrogens (tertiary/aromatic N) is 3. The van der Waals surface area contributed by atoms with E-state index in [1.807, 2.05) is 0 Å². The number of benzene rings is 2. The number of nitrogens with one attached hydrogen (secondary N) is 1. The molecule has 2 heterocycles. The van der Waals surface area contributed by atoms with E-state index in [0.717, 1.165) is 74.4 Å². The highest BCUT2D eigenvalue weighted by molar-refractivity contribution is 7.80. The molecule has 0 saturated carbocycles. The molecule has 0 radical (unpaired) electrons. The average Bonchev–Trinajstić information content (AvgIpc) is 2.94. The van der Waals surface area contributed by atoms with Gasteiger partial charge in [-0.2, -0.15) is 26.3 Å². The molecule has 1 N–H and O–H groups in total. The third-order valence-corrected chi connectivity index (χ3v) is 7.87. The van der Waals surface area contributed by atoms with Gasteiger partial charge >= 0.3 is 12.4 Å². The van der Waals surface area contributed by atoms with Crippen LogP contribution >= 0.6 is 12.2 Å². The zero-order valence-corrected chi connectivity index (χ0v) is 23.5. The first-order chi connectivity index (χ1) is 19.4. The van der Waals surface area contributed by atoms with E-state index in [1.54, 1.807) is 0 Å². The molecule has 0 spiro atoms. The molecule has 4 rings (SSSR count). The van der Waals surface area contributed by atoms with Gasteiger partial charge in [-0.15, -0.1) is 0 Å². The maximum Gasteiger partial charge on any atom is 0.418 e. The van der Waals surface area contributed by atoms with E-state index in [2.05, 4.69) is 25.0 Å². The number of alkyl halides is 6. The predicted octanol–water partition coefficient (Wildman–Crippen LogP) is 6.47. The van der Waals surface area contributed by atoms with E-state index in [4.69, 9.17) is 17.0 Å². The summed E-state index contributed by atoms with van der Waals surface area (Å²) in [4.78, 5) is 12.1. The molecule has 2 aromatic rings. The zero-order chi connectivity index (χ0) is 29.6. The summed E-state index contributed by atoms with van der Waals surface area (Å²) in [6.45, 7) is 5.41. The molecule has 2 aliphatic heterocycles. The van der Waals surface area contributed by atoms with Gasteiger partial charge in [-0.25, -0.2) is 0 Å². The van der Waals surface area contributed by atoms with Gasteiger partial charge in [0.15, 0.2) is 0 Å². The summed E-state index contributed by atoms with van der Waals surface area (Å²) in [5.41, 5.74) is 1.39. The second-order valence-electron chi connectivity index (χ2n) is 10.2. The number of thiocarbonyl (C=S) groups is 1. The van der Waals surface area contributed by atoms with Crippen LogP contribution in [0.3, 0.4) is 0 Å². The number of piperidine rings is 1. The van der Waals surface area contributed by atoms with Gasteiger partial charge in [0.05, 0.1) is 28.9 Å².